The molecule has 8 heteroatoms. The minimum Gasteiger partial charge on any atom is -0.493 e. The van der Waals surface area contributed by atoms with E-state index in [0.29, 0.717) is 29.2 Å². The fraction of sp³-hybridized carbons (Fsp3) is 0.292. The molecule has 2 aromatic heterocycles. The van der Waals surface area contributed by atoms with Gasteiger partial charge in [-0.1, -0.05) is 0 Å². The van der Waals surface area contributed by atoms with Crippen molar-refractivity contribution < 1.29 is 33.0 Å². The van der Waals surface area contributed by atoms with Crippen molar-refractivity contribution in [2.45, 2.75) is 27.3 Å². The third-order valence-corrected chi connectivity index (χ3v) is 5.05. The van der Waals surface area contributed by atoms with Crippen LogP contribution in [0, 0.1) is 13.8 Å². The van der Waals surface area contributed by atoms with Crippen molar-refractivity contribution in [3.63, 3.8) is 0 Å². The number of nitrogens with zero attached hydrogens (tertiary/aromatic N) is 1. The minimum atomic E-state index is -0.694. The first-order valence-electron chi connectivity index (χ1n) is 9.99. The topological polar surface area (TPSA) is 97.0 Å². The first kappa shape index (κ1) is 22.9. The summed E-state index contributed by atoms with van der Waals surface area (Å²) < 4.78 is 23.1. The van der Waals surface area contributed by atoms with Gasteiger partial charge in [0, 0.05) is 22.5 Å². The maximum Gasteiger partial charge on any atom is 0.344 e. The summed E-state index contributed by atoms with van der Waals surface area (Å²) in [6.45, 7) is 4.89. The van der Waals surface area contributed by atoms with E-state index in [1.807, 2.05) is 30.5 Å². The van der Waals surface area contributed by atoms with Crippen LogP contribution in [0.25, 0.3) is 0 Å². The Morgan fingerprint density at radius 1 is 1.03 bits per heavy atom. The molecule has 0 saturated heterocycles. The first-order chi connectivity index (χ1) is 15.3. The van der Waals surface area contributed by atoms with Crippen LogP contribution in [-0.2, 0) is 16.1 Å². The van der Waals surface area contributed by atoms with Gasteiger partial charge in [-0.05, 0) is 57.2 Å². The summed E-state index contributed by atoms with van der Waals surface area (Å²) in [7, 11) is 1.44. The summed E-state index contributed by atoms with van der Waals surface area (Å²) in [6, 6.07) is 10.1. The van der Waals surface area contributed by atoms with Gasteiger partial charge in [0.05, 0.1) is 19.9 Å². The van der Waals surface area contributed by atoms with Crippen LogP contribution in [0.3, 0.4) is 0 Å². The van der Waals surface area contributed by atoms with E-state index in [2.05, 4.69) is 0 Å². The number of ether oxygens (including phenoxy) is 3. The Bertz CT molecular complexity index is 1130. The fourth-order valence-electron chi connectivity index (χ4n) is 3.29. The number of carbonyl (C=O) groups is 3. The molecule has 3 rings (SSSR count). The number of furan rings is 1. The zero-order valence-electron chi connectivity index (χ0n) is 18.5. The zero-order chi connectivity index (χ0) is 23.3. The number of ketones is 2. The maximum atomic E-state index is 12.6. The van der Waals surface area contributed by atoms with Crippen LogP contribution in [0.5, 0.6) is 11.5 Å². The van der Waals surface area contributed by atoms with E-state index in [0.717, 1.165) is 17.1 Å². The Labute approximate surface area is 185 Å². The normalized spacial score (nSPS) is 10.6. The van der Waals surface area contributed by atoms with Gasteiger partial charge >= 0.3 is 5.97 Å². The molecule has 0 N–H and O–H groups in total. The van der Waals surface area contributed by atoms with Gasteiger partial charge in [-0.15, -0.1) is 0 Å². The van der Waals surface area contributed by atoms with Crippen LogP contribution in [0.2, 0.25) is 0 Å². The van der Waals surface area contributed by atoms with E-state index < -0.39 is 19.2 Å². The van der Waals surface area contributed by atoms with Gasteiger partial charge in [-0.2, -0.15) is 0 Å². The van der Waals surface area contributed by atoms with Gasteiger partial charge in [-0.25, -0.2) is 4.79 Å². The van der Waals surface area contributed by atoms with Crippen LogP contribution in [0.4, 0.5) is 0 Å². The molecule has 0 spiro atoms. The quantitative estimate of drug-likeness (QED) is 0.350. The number of Topliss-reactive ketones (excluding diaryl/α,β-unsaturated/α-hetero) is 2. The second-order valence-corrected chi connectivity index (χ2v) is 7.24. The second-order valence-electron chi connectivity index (χ2n) is 7.24. The monoisotopic (exact) mass is 439 g/mol. The number of carbonyl (C=O) groups excluding carboxylic acids is 3. The van der Waals surface area contributed by atoms with Crippen molar-refractivity contribution in [1.29, 1.82) is 0 Å². The highest BCUT2D eigenvalue weighted by Gasteiger charge is 2.18. The van der Waals surface area contributed by atoms with Gasteiger partial charge in [0.25, 0.3) is 0 Å². The molecule has 0 unspecified atom stereocenters. The number of methoxy groups -OCH3 is 1. The second kappa shape index (κ2) is 10.00. The summed E-state index contributed by atoms with van der Waals surface area (Å²) in [5, 5.41) is 0. The molecule has 1 aromatic carbocycles. The molecule has 0 aliphatic carbocycles. The Morgan fingerprint density at radius 3 is 2.47 bits per heavy atom. The molecule has 0 amide bonds. The largest absolute Gasteiger partial charge is 0.493 e. The van der Waals surface area contributed by atoms with Crippen LogP contribution < -0.4 is 9.47 Å². The molecule has 8 nitrogen and oxygen atoms in total. The van der Waals surface area contributed by atoms with Gasteiger partial charge in [0.1, 0.15) is 5.76 Å². The predicted octanol–water partition coefficient (Wildman–Crippen LogP) is 3.76. The van der Waals surface area contributed by atoms with Crippen LogP contribution in [0.1, 0.15) is 44.8 Å². The highest BCUT2D eigenvalue weighted by molar-refractivity contribution is 5.99. The van der Waals surface area contributed by atoms with Crippen LogP contribution >= 0.6 is 0 Å². The molecule has 0 atom stereocenters. The third-order valence-electron chi connectivity index (χ3n) is 5.05. The molecule has 0 aliphatic rings. The van der Waals surface area contributed by atoms with Gasteiger partial charge in [0.15, 0.2) is 30.5 Å². The van der Waals surface area contributed by atoms with E-state index in [1.54, 1.807) is 24.5 Å². The van der Waals surface area contributed by atoms with E-state index in [4.69, 9.17) is 18.6 Å². The number of hydrogen-bond acceptors (Lipinski definition) is 7. The highest BCUT2D eigenvalue weighted by Crippen LogP contribution is 2.28. The zero-order valence-corrected chi connectivity index (χ0v) is 18.5. The maximum absolute atomic E-state index is 12.6. The van der Waals surface area contributed by atoms with E-state index >= 15 is 0 Å². The molecular formula is C24H25NO7. The number of rotatable bonds is 10. The number of esters is 1. The van der Waals surface area contributed by atoms with Crippen molar-refractivity contribution in [3.8, 4) is 11.5 Å². The van der Waals surface area contributed by atoms with Gasteiger partial charge in [-0.3, -0.25) is 9.59 Å². The van der Waals surface area contributed by atoms with Gasteiger partial charge in [0.2, 0.25) is 5.78 Å². The lowest BCUT2D eigenvalue weighted by Gasteiger charge is -2.11. The summed E-state index contributed by atoms with van der Waals surface area (Å²) in [6.07, 6.45) is 1.60. The molecular weight excluding hydrogens is 414 g/mol. The molecule has 0 saturated carbocycles. The average molecular weight is 439 g/mol. The molecule has 3 aromatic rings. The Morgan fingerprint density at radius 2 is 1.81 bits per heavy atom. The number of aromatic nitrogens is 1. The summed E-state index contributed by atoms with van der Waals surface area (Å²) in [5.74, 6) is 0.284. The molecule has 32 heavy (non-hydrogen) atoms. The van der Waals surface area contributed by atoms with Crippen LogP contribution in [0.15, 0.2) is 47.1 Å². The highest BCUT2D eigenvalue weighted by atomic mass is 16.6. The van der Waals surface area contributed by atoms with E-state index in [1.165, 1.54) is 20.1 Å². The SMILES string of the molecule is COc1cc(C(C)=O)ccc1OCC(=O)OCC(=O)c1cc(C)n(Cc2ccco2)c1C. The molecule has 0 bridgehead atoms. The van der Waals surface area contributed by atoms with Crippen molar-refractivity contribution in [3.05, 3.63) is 70.9 Å². The fourth-order valence-corrected chi connectivity index (χ4v) is 3.29. The standard InChI is InChI=1S/C24H25NO7/c1-15-10-20(16(2)25(15)12-19-6-5-9-30-19)21(27)13-32-24(28)14-31-22-8-7-18(17(3)26)11-23(22)29-4/h5-11H,12-14H2,1-4H3. The Hall–Kier alpha value is -3.81. The molecule has 168 valence electrons. The van der Waals surface area contributed by atoms with Crippen molar-refractivity contribution in [1.82, 2.24) is 4.57 Å². The number of benzene rings is 1. The van der Waals surface area contributed by atoms with Crippen molar-refractivity contribution >= 4 is 17.5 Å². The summed E-state index contributed by atoms with van der Waals surface area (Å²) in [4.78, 5) is 36.2. The van der Waals surface area contributed by atoms with Crippen LogP contribution in [-0.4, -0.2) is 42.4 Å². The lowest BCUT2D eigenvalue weighted by Crippen LogP contribution is -2.20. The average Bonchev–Trinajstić information content (AvgIpc) is 3.39. The lowest BCUT2D eigenvalue weighted by atomic mass is 10.1. The van der Waals surface area contributed by atoms with E-state index in [9.17, 15) is 14.4 Å². The molecule has 0 radical (unpaired) electrons. The smallest absolute Gasteiger partial charge is 0.344 e. The lowest BCUT2D eigenvalue weighted by molar-refractivity contribution is -0.144. The molecule has 0 aliphatic heterocycles. The summed E-state index contributed by atoms with van der Waals surface area (Å²) >= 11 is 0. The first-order valence-corrected chi connectivity index (χ1v) is 9.99. The molecule has 0 fully saturated rings. The van der Waals surface area contributed by atoms with Gasteiger partial charge < -0.3 is 23.2 Å². The van der Waals surface area contributed by atoms with Crippen molar-refractivity contribution in [2.75, 3.05) is 20.3 Å². The Balaban J connectivity index is 1.56. The third kappa shape index (κ3) is 5.26. The number of hydrogen-bond donors (Lipinski definition) is 0. The summed E-state index contributed by atoms with van der Waals surface area (Å²) in [5.41, 5.74) is 2.63. The predicted molar refractivity (Wildman–Crippen MR) is 115 cm³/mol. The molecule has 2 heterocycles. The minimum absolute atomic E-state index is 0.115. The van der Waals surface area contributed by atoms with Crippen molar-refractivity contribution in [2.24, 2.45) is 0 Å². The van der Waals surface area contributed by atoms with E-state index in [-0.39, 0.29) is 11.6 Å². The Kier molecular flexibility index (Phi) is 7.14. The number of aryl methyl sites for hydroxylation is 1.